The normalized spacial score (nSPS) is 14.1. The summed E-state index contributed by atoms with van der Waals surface area (Å²) in [5, 5.41) is 46.1. The Labute approximate surface area is 286 Å². The van der Waals surface area contributed by atoms with Gasteiger partial charge in [-0.3, -0.25) is 0 Å². The van der Waals surface area contributed by atoms with Crippen molar-refractivity contribution in [2.45, 2.75) is 124 Å². The summed E-state index contributed by atoms with van der Waals surface area (Å²) in [6.45, 7) is 28.0. The van der Waals surface area contributed by atoms with Crippen molar-refractivity contribution in [3.05, 3.63) is 68.8 Å². The fourth-order valence-electron chi connectivity index (χ4n) is 5.87. The molecule has 0 spiro atoms. The van der Waals surface area contributed by atoms with Gasteiger partial charge in [-0.1, -0.05) is 107 Å². The maximum Gasteiger partial charge on any atom is 0.478 e. The van der Waals surface area contributed by atoms with Crippen LogP contribution in [0.4, 0.5) is 0 Å². The van der Waals surface area contributed by atoms with Gasteiger partial charge in [0.25, 0.3) is 0 Å². The second-order valence-electron chi connectivity index (χ2n) is 17.0. The van der Waals surface area contributed by atoms with Gasteiger partial charge in [0.2, 0.25) is 0 Å². The van der Waals surface area contributed by atoms with E-state index in [4.69, 9.17) is 19.6 Å². The quantitative estimate of drug-likeness (QED) is 0.151. The number of rotatable bonds is 8. The summed E-state index contributed by atoms with van der Waals surface area (Å²) in [6.07, 6.45) is 0. The summed E-state index contributed by atoms with van der Waals surface area (Å²) in [5.41, 5.74) is 2.69. The first-order chi connectivity index (χ1) is 21.1. The van der Waals surface area contributed by atoms with E-state index in [0.717, 1.165) is 33.4 Å². The molecule has 0 saturated carbocycles. The van der Waals surface area contributed by atoms with Crippen molar-refractivity contribution in [2.75, 3.05) is 19.8 Å². The van der Waals surface area contributed by atoms with E-state index in [1.165, 1.54) is 0 Å². The smallest absolute Gasteiger partial charge is 0.395 e. The van der Waals surface area contributed by atoms with Crippen molar-refractivity contribution in [1.29, 1.82) is 0 Å². The highest BCUT2D eigenvalue weighted by molar-refractivity contribution is 7.60. The Balaban J connectivity index is 0.00000112. The van der Waals surface area contributed by atoms with Crippen LogP contribution in [-0.4, -0.2) is 59.8 Å². The van der Waals surface area contributed by atoms with E-state index in [2.05, 4.69) is 112 Å². The van der Waals surface area contributed by atoms with Crippen molar-refractivity contribution in [2.24, 2.45) is 5.41 Å². The second kappa shape index (κ2) is 14.6. The fourth-order valence-corrected chi connectivity index (χ4v) is 6.98. The van der Waals surface area contributed by atoms with Crippen LogP contribution in [0.1, 0.15) is 128 Å². The Morgan fingerprint density at radius 1 is 0.542 bits per heavy atom. The Bertz CT molecular complexity index is 1410. The summed E-state index contributed by atoms with van der Waals surface area (Å²) in [7, 11) is -10.1. The molecule has 0 aromatic heterocycles. The van der Waals surface area contributed by atoms with E-state index in [9.17, 15) is 29.6 Å². The molecule has 0 radical (unpaired) electrons. The molecular weight excluding hydrogens is 658 g/mol. The molecular formula is C35H60O11P2. The van der Waals surface area contributed by atoms with Crippen LogP contribution in [0.25, 0.3) is 0 Å². The van der Waals surface area contributed by atoms with Crippen LogP contribution in [-0.2, 0) is 40.7 Å². The summed E-state index contributed by atoms with van der Waals surface area (Å²) >= 11 is 0. The molecule has 0 aliphatic carbocycles. The van der Waals surface area contributed by atoms with Crippen LogP contribution in [0.2, 0.25) is 0 Å². The van der Waals surface area contributed by atoms with E-state index >= 15 is 0 Å². The van der Waals surface area contributed by atoms with Crippen molar-refractivity contribution in [1.82, 2.24) is 0 Å². The molecule has 48 heavy (non-hydrogen) atoms. The van der Waals surface area contributed by atoms with E-state index in [1.807, 2.05) is 13.8 Å². The molecule has 276 valence electrons. The van der Waals surface area contributed by atoms with Gasteiger partial charge in [0, 0.05) is 0 Å². The Hall–Kier alpha value is -1.46. The van der Waals surface area contributed by atoms with Gasteiger partial charge in [-0.2, -0.15) is 4.31 Å². The fraction of sp³-hybridized carbons (Fsp3) is 0.657. The maximum absolute atomic E-state index is 13.4. The minimum Gasteiger partial charge on any atom is -0.395 e. The van der Waals surface area contributed by atoms with Crippen LogP contribution in [0.5, 0.6) is 0 Å². The number of hydrogen-bond donors (Lipinski definition) is 8. The molecule has 0 aliphatic rings. The average molecular weight is 719 g/mol. The lowest BCUT2D eigenvalue weighted by Crippen LogP contribution is -2.56. The molecule has 0 aliphatic heterocycles. The third-order valence-electron chi connectivity index (χ3n) is 8.63. The highest BCUT2D eigenvalue weighted by atomic mass is 31.3. The molecule has 0 atom stereocenters. The molecule has 0 bridgehead atoms. The minimum absolute atomic E-state index is 0.121. The average Bonchev–Trinajstić information content (AvgIpc) is 2.84. The highest BCUT2D eigenvalue weighted by Crippen LogP contribution is 2.55. The first kappa shape index (κ1) is 44.6. The van der Waals surface area contributed by atoms with Gasteiger partial charge in [-0.15, -0.1) is 0 Å². The standard InChI is InChI=1S/C35H56O4.H4O7P2/c1-22-15-24(30(3,4)5)17-26(32(9,10)11)28(22)35(39,34(19-36,20-37)21-38)29-23(2)16-25(31(6,7)8)18-27(29)33(12,13)14;1-8(2,3)7-9(4,5)6/h15-18,36-39H,19-21H2,1-14H3;(H2,1,2,3)(H2,4,5,6). The third kappa shape index (κ3) is 10.3. The van der Waals surface area contributed by atoms with Crippen molar-refractivity contribution >= 4 is 15.6 Å². The van der Waals surface area contributed by atoms with Crippen LogP contribution >= 0.6 is 15.6 Å². The summed E-state index contributed by atoms with van der Waals surface area (Å²) in [4.78, 5) is 31.0. The van der Waals surface area contributed by atoms with Crippen LogP contribution in [0, 0.1) is 19.3 Å². The van der Waals surface area contributed by atoms with Crippen molar-refractivity contribution in [3.63, 3.8) is 0 Å². The van der Waals surface area contributed by atoms with Gasteiger partial charge in [0.05, 0.1) is 25.2 Å². The van der Waals surface area contributed by atoms with E-state index in [1.54, 1.807) is 0 Å². The molecule has 0 amide bonds. The zero-order valence-electron chi connectivity index (χ0n) is 31.1. The largest absolute Gasteiger partial charge is 0.478 e. The molecule has 8 N–H and O–H groups in total. The highest BCUT2D eigenvalue weighted by Gasteiger charge is 2.56. The number of benzene rings is 2. The van der Waals surface area contributed by atoms with Gasteiger partial charge < -0.3 is 40.0 Å². The number of phosphoric acid groups is 2. The van der Waals surface area contributed by atoms with Gasteiger partial charge in [-0.05, 0) is 80.0 Å². The number of aliphatic hydroxyl groups is 4. The van der Waals surface area contributed by atoms with E-state index in [-0.39, 0.29) is 21.7 Å². The number of aliphatic hydroxyl groups excluding tert-OH is 3. The molecule has 13 heteroatoms. The lowest BCUT2D eigenvalue weighted by atomic mass is 9.58. The summed E-state index contributed by atoms with van der Waals surface area (Å²) in [5.74, 6) is 0. The molecule has 11 nitrogen and oxygen atoms in total. The minimum atomic E-state index is -5.05. The van der Waals surface area contributed by atoms with Gasteiger partial charge in [-0.25, -0.2) is 9.13 Å². The Morgan fingerprint density at radius 2 is 0.812 bits per heavy atom. The zero-order chi connectivity index (χ0) is 38.3. The molecule has 0 fully saturated rings. The monoisotopic (exact) mass is 718 g/mol. The van der Waals surface area contributed by atoms with Crippen molar-refractivity contribution in [3.8, 4) is 0 Å². The Kier molecular flexibility index (Phi) is 13.6. The lowest BCUT2D eigenvalue weighted by molar-refractivity contribution is -0.137. The zero-order valence-corrected chi connectivity index (χ0v) is 32.9. The summed E-state index contributed by atoms with van der Waals surface area (Å²) in [6, 6.07) is 8.56. The van der Waals surface area contributed by atoms with Crippen LogP contribution in [0.15, 0.2) is 24.3 Å². The third-order valence-corrected chi connectivity index (χ3v) is 10.3. The van der Waals surface area contributed by atoms with E-state index < -0.39 is 46.5 Å². The van der Waals surface area contributed by atoms with Crippen LogP contribution in [0.3, 0.4) is 0 Å². The predicted octanol–water partition coefficient (Wildman–Crippen LogP) is 5.88. The number of hydrogen-bond acceptors (Lipinski definition) is 7. The Morgan fingerprint density at radius 3 is 0.979 bits per heavy atom. The van der Waals surface area contributed by atoms with Gasteiger partial charge in [0.1, 0.15) is 5.60 Å². The van der Waals surface area contributed by atoms with E-state index in [0.29, 0.717) is 11.1 Å². The topological polar surface area (TPSA) is 205 Å². The predicted molar refractivity (Wildman–Crippen MR) is 189 cm³/mol. The molecule has 0 saturated heterocycles. The molecule has 2 rings (SSSR count). The SMILES string of the molecule is Cc1cc(C(C)(C)C)cc(C(C)(C)C)c1C(O)(c1c(C)cc(C(C)(C)C)cc1C(C)(C)C)C(CO)(CO)CO.O=P(O)(O)OP(=O)(O)O. The molecule has 0 unspecified atom stereocenters. The molecule has 2 aromatic carbocycles. The first-order valence-corrected chi connectivity index (χ1v) is 18.9. The first-order valence-electron chi connectivity index (χ1n) is 15.8. The molecule has 0 heterocycles. The van der Waals surface area contributed by atoms with Gasteiger partial charge >= 0.3 is 15.6 Å². The van der Waals surface area contributed by atoms with Gasteiger partial charge in [0.15, 0.2) is 0 Å². The van der Waals surface area contributed by atoms with Crippen molar-refractivity contribution < 1.29 is 53.4 Å². The summed E-state index contributed by atoms with van der Waals surface area (Å²) < 4.78 is 22.2. The second-order valence-corrected chi connectivity index (χ2v) is 19.6. The molecule has 2 aromatic rings. The maximum atomic E-state index is 13.4. The van der Waals surface area contributed by atoms with Crippen LogP contribution < -0.4 is 0 Å². The lowest BCUT2D eigenvalue weighted by Gasteiger charge is -2.50. The number of aryl methyl sites for hydroxylation is 2.